The molecule has 2 rings (SSSR count). The average Bonchev–Trinajstić information content (AvgIpc) is 2.94. The van der Waals surface area contributed by atoms with E-state index in [0.717, 1.165) is 12.5 Å². The summed E-state index contributed by atoms with van der Waals surface area (Å²) in [7, 11) is 5.83. The van der Waals surface area contributed by atoms with Gasteiger partial charge in [-0.3, -0.25) is 4.99 Å². The van der Waals surface area contributed by atoms with Crippen molar-refractivity contribution >= 4 is 41.5 Å². The van der Waals surface area contributed by atoms with E-state index in [9.17, 15) is 0 Å². The van der Waals surface area contributed by atoms with Crippen LogP contribution in [0.2, 0.25) is 5.02 Å². The number of aryl methyl sites for hydroxylation is 1. The Balaban J connectivity index is 0.00000288. The van der Waals surface area contributed by atoms with Crippen molar-refractivity contribution in [2.75, 3.05) is 27.2 Å². The molecule has 0 fully saturated rings. The van der Waals surface area contributed by atoms with E-state index in [1.165, 1.54) is 5.69 Å². The third kappa shape index (κ3) is 5.90. The topological polar surface area (TPSA) is 41.8 Å². The van der Waals surface area contributed by atoms with Crippen LogP contribution < -0.4 is 10.1 Å². The van der Waals surface area contributed by atoms with E-state index >= 15 is 0 Å². The molecule has 7 heteroatoms. The molecule has 1 aromatic carbocycles. The summed E-state index contributed by atoms with van der Waals surface area (Å²) in [5, 5.41) is 3.91. The van der Waals surface area contributed by atoms with Crippen molar-refractivity contribution in [1.29, 1.82) is 0 Å². The number of para-hydroxylation sites is 1. The Morgan fingerprint density at radius 2 is 2.04 bits per heavy atom. The normalized spacial score (nSPS) is 10.9. The highest BCUT2D eigenvalue weighted by molar-refractivity contribution is 14.0. The predicted octanol–water partition coefficient (Wildman–Crippen LogP) is 3.38. The molecule has 2 aromatic rings. The van der Waals surface area contributed by atoms with Crippen molar-refractivity contribution in [3.8, 4) is 5.75 Å². The molecule has 1 heterocycles. The van der Waals surface area contributed by atoms with Gasteiger partial charge in [0.25, 0.3) is 0 Å². The molecule has 0 atom stereocenters. The molecular weight excluding hydrogens is 439 g/mol. The molecule has 0 saturated heterocycles. The van der Waals surface area contributed by atoms with E-state index in [-0.39, 0.29) is 24.0 Å². The molecule has 0 aliphatic heterocycles. The van der Waals surface area contributed by atoms with Gasteiger partial charge in [-0.15, -0.1) is 24.0 Å². The van der Waals surface area contributed by atoms with Crippen molar-refractivity contribution in [1.82, 2.24) is 14.8 Å². The van der Waals surface area contributed by atoms with Crippen molar-refractivity contribution in [2.45, 2.75) is 6.54 Å². The van der Waals surface area contributed by atoms with E-state index in [4.69, 9.17) is 16.3 Å². The third-order valence-corrected chi connectivity index (χ3v) is 3.82. The Morgan fingerprint density at radius 3 is 2.67 bits per heavy atom. The number of hydrogen-bond donors (Lipinski definition) is 1. The average molecular weight is 463 g/mol. The summed E-state index contributed by atoms with van der Waals surface area (Å²) in [6.07, 6.45) is 2.04. The first-order valence-electron chi connectivity index (χ1n) is 7.51. The first-order chi connectivity index (χ1) is 11.1. The van der Waals surface area contributed by atoms with Gasteiger partial charge in [0.05, 0.1) is 18.1 Å². The molecule has 24 heavy (non-hydrogen) atoms. The molecule has 0 radical (unpaired) electrons. The molecule has 0 amide bonds. The van der Waals surface area contributed by atoms with E-state index in [2.05, 4.69) is 25.8 Å². The maximum Gasteiger partial charge on any atom is 0.193 e. The number of aliphatic imine (C=N–C) groups is 1. The zero-order valence-corrected chi connectivity index (χ0v) is 17.3. The molecule has 0 bridgehead atoms. The van der Waals surface area contributed by atoms with E-state index < -0.39 is 0 Å². The number of benzene rings is 1. The van der Waals surface area contributed by atoms with Gasteiger partial charge in [-0.25, -0.2) is 0 Å². The second-order valence-electron chi connectivity index (χ2n) is 5.22. The largest absolute Gasteiger partial charge is 0.490 e. The van der Waals surface area contributed by atoms with Crippen LogP contribution in [0.5, 0.6) is 5.75 Å². The second-order valence-corrected chi connectivity index (χ2v) is 5.63. The van der Waals surface area contributed by atoms with Gasteiger partial charge in [-0.1, -0.05) is 23.7 Å². The van der Waals surface area contributed by atoms with Gasteiger partial charge in [-0.2, -0.15) is 0 Å². The van der Waals surface area contributed by atoms with Gasteiger partial charge in [0.15, 0.2) is 5.96 Å². The van der Waals surface area contributed by atoms with Crippen LogP contribution in [0.15, 0.2) is 47.6 Å². The van der Waals surface area contributed by atoms with Crippen LogP contribution in [0.1, 0.15) is 5.69 Å². The third-order valence-electron chi connectivity index (χ3n) is 3.50. The lowest BCUT2D eigenvalue weighted by Gasteiger charge is -2.22. The van der Waals surface area contributed by atoms with Crippen molar-refractivity contribution in [2.24, 2.45) is 12.0 Å². The Morgan fingerprint density at radius 1 is 1.29 bits per heavy atom. The quantitative estimate of drug-likeness (QED) is 0.310. The summed E-state index contributed by atoms with van der Waals surface area (Å²) in [6, 6.07) is 11.6. The van der Waals surface area contributed by atoms with Crippen molar-refractivity contribution < 1.29 is 4.74 Å². The summed E-state index contributed by atoms with van der Waals surface area (Å²) in [6.45, 7) is 1.95. The van der Waals surface area contributed by atoms with Crippen LogP contribution in [0, 0.1) is 0 Å². The Labute approximate surface area is 165 Å². The Kier molecular flexibility index (Phi) is 8.99. The van der Waals surface area contributed by atoms with Crippen molar-refractivity contribution in [3.63, 3.8) is 0 Å². The highest BCUT2D eigenvalue weighted by atomic mass is 127. The first-order valence-corrected chi connectivity index (χ1v) is 7.89. The lowest BCUT2D eigenvalue weighted by Crippen LogP contribution is -2.40. The number of ether oxygens (including phenoxy) is 1. The zero-order chi connectivity index (χ0) is 16.7. The first kappa shape index (κ1) is 20.6. The number of aromatic nitrogens is 1. The second kappa shape index (κ2) is 10.5. The number of rotatable bonds is 6. The van der Waals surface area contributed by atoms with Gasteiger partial charge >= 0.3 is 0 Å². The van der Waals surface area contributed by atoms with Crippen LogP contribution in [0.3, 0.4) is 0 Å². The van der Waals surface area contributed by atoms with Crippen LogP contribution in [-0.4, -0.2) is 42.7 Å². The Bertz CT molecular complexity index is 660. The molecular formula is C17H24ClIN4O. The summed E-state index contributed by atoms with van der Waals surface area (Å²) in [5.41, 5.74) is 1.22. The summed E-state index contributed by atoms with van der Waals surface area (Å²) < 4.78 is 7.77. The van der Waals surface area contributed by atoms with Gasteiger partial charge in [0, 0.05) is 33.0 Å². The number of nitrogens with zero attached hydrogens (tertiary/aromatic N) is 3. The fourth-order valence-corrected chi connectivity index (χ4v) is 2.44. The van der Waals surface area contributed by atoms with Crippen LogP contribution >= 0.6 is 35.6 Å². The molecule has 0 unspecified atom stereocenters. The lowest BCUT2D eigenvalue weighted by molar-refractivity contribution is 0.319. The minimum atomic E-state index is 0. The number of halogens is 2. The molecule has 0 aliphatic carbocycles. The van der Waals surface area contributed by atoms with Gasteiger partial charge in [-0.05, 0) is 24.3 Å². The fourth-order valence-electron chi connectivity index (χ4n) is 2.25. The van der Waals surface area contributed by atoms with Crippen LogP contribution in [-0.2, 0) is 13.6 Å². The highest BCUT2D eigenvalue weighted by Crippen LogP contribution is 2.22. The van der Waals surface area contributed by atoms with Gasteiger partial charge in [0.1, 0.15) is 12.4 Å². The molecule has 1 N–H and O–H groups in total. The molecule has 0 spiro atoms. The molecule has 132 valence electrons. The van der Waals surface area contributed by atoms with Gasteiger partial charge in [0.2, 0.25) is 0 Å². The van der Waals surface area contributed by atoms with Crippen molar-refractivity contribution in [3.05, 3.63) is 53.3 Å². The lowest BCUT2D eigenvalue weighted by atomic mass is 10.3. The summed E-state index contributed by atoms with van der Waals surface area (Å²) >= 11 is 6.06. The summed E-state index contributed by atoms with van der Waals surface area (Å²) in [5.74, 6) is 1.53. The minimum Gasteiger partial charge on any atom is -0.490 e. The van der Waals surface area contributed by atoms with E-state index in [1.807, 2.05) is 50.6 Å². The number of nitrogens with one attached hydrogen (secondary N) is 1. The number of guanidine groups is 1. The number of hydrogen-bond acceptors (Lipinski definition) is 2. The zero-order valence-electron chi connectivity index (χ0n) is 14.2. The minimum absolute atomic E-state index is 0. The maximum absolute atomic E-state index is 6.06. The maximum atomic E-state index is 6.06. The predicted molar refractivity (Wildman–Crippen MR) is 111 cm³/mol. The fraction of sp³-hybridized carbons (Fsp3) is 0.353. The highest BCUT2D eigenvalue weighted by Gasteiger charge is 2.08. The summed E-state index contributed by atoms with van der Waals surface area (Å²) in [4.78, 5) is 6.38. The van der Waals surface area contributed by atoms with Crippen LogP contribution in [0.25, 0.3) is 0 Å². The SMILES string of the molecule is CN=C(NCCOc1ccccc1Cl)N(C)Cc1cccn1C.I. The van der Waals surface area contributed by atoms with E-state index in [1.54, 1.807) is 7.05 Å². The van der Waals surface area contributed by atoms with Gasteiger partial charge < -0.3 is 19.5 Å². The molecule has 1 aromatic heterocycles. The molecule has 5 nitrogen and oxygen atoms in total. The van der Waals surface area contributed by atoms with Crippen LogP contribution in [0.4, 0.5) is 0 Å². The standard InChI is InChI=1S/C17H23ClN4O.HI/c1-19-17(22(3)13-14-7-6-11-21(14)2)20-10-12-23-16-9-5-4-8-15(16)18;/h4-9,11H,10,12-13H2,1-3H3,(H,19,20);1H. The Hall–Kier alpha value is -1.41. The van der Waals surface area contributed by atoms with E-state index in [0.29, 0.717) is 23.9 Å². The molecule has 0 aliphatic rings. The molecule has 0 saturated carbocycles. The smallest absolute Gasteiger partial charge is 0.193 e. The monoisotopic (exact) mass is 462 g/mol.